The number of nitrogens with one attached hydrogen (secondary N) is 1. The minimum atomic E-state index is -0.0326. The summed E-state index contributed by atoms with van der Waals surface area (Å²) in [5.74, 6) is 0. The van der Waals surface area contributed by atoms with Gasteiger partial charge in [-0.2, -0.15) is 0 Å². The molecule has 2 aliphatic rings. The molecule has 2 saturated heterocycles. The Kier molecular flexibility index (Phi) is 3.31. The molecule has 110 valence electrons. The van der Waals surface area contributed by atoms with Gasteiger partial charge < -0.3 is 9.88 Å². The minimum Gasteiger partial charge on any atom is -0.322 e. The van der Waals surface area contributed by atoms with Crippen molar-refractivity contribution in [3.8, 4) is 0 Å². The number of hydrogen-bond donors (Lipinski definition) is 1. The van der Waals surface area contributed by atoms with Crippen molar-refractivity contribution in [2.75, 3.05) is 7.05 Å². The molecule has 3 atom stereocenters. The predicted molar refractivity (Wildman–Crippen MR) is 88.0 cm³/mol. The summed E-state index contributed by atoms with van der Waals surface area (Å²) in [6, 6.07) is 11.5. The number of pyridine rings is 1. The summed E-state index contributed by atoms with van der Waals surface area (Å²) in [6.45, 7) is 0. The smallest absolute Gasteiger partial charge is 0.248 e. The van der Waals surface area contributed by atoms with Crippen molar-refractivity contribution in [3.63, 3.8) is 0 Å². The van der Waals surface area contributed by atoms with Crippen LogP contribution in [0, 0.1) is 0 Å². The van der Waals surface area contributed by atoms with Gasteiger partial charge >= 0.3 is 0 Å². The average molecular weight is 300 g/mol. The zero-order valence-corrected chi connectivity index (χ0v) is 13.0. The number of nitrogens with zero attached hydrogens (tertiary/aromatic N) is 1. The number of thioether (sulfide) groups is 1. The number of rotatable bonds is 2. The summed E-state index contributed by atoms with van der Waals surface area (Å²) in [5.41, 5.74) is 0.894. The molecule has 0 unspecified atom stereocenters. The molecule has 3 nitrogen and oxygen atoms in total. The average Bonchev–Trinajstić information content (AvgIpc) is 2.70. The molecule has 0 aliphatic carbocycles. The summed E-state index contributed by atoms with van der Waals surface area (Å²) in [5, 5.41) is 1.86. The zero-order valence-electron chi connectivity index (χ0n) is 12.2. The van der Waals surface area contributed by atoms with Crippen LogP contribution in [0.15, 0.2) is 40.0 Å². The summed E-state index contributed by atoms with van der Waals surface area (Å²) < 4.78 is 0. The second-order valence-corrected chi connectivity index (χ2v) is 7.71. The Balaban J connectivity index is 1.55. The third-order valence-corrected chi connectivity index (χ3v) is 6.30. The molecular weight excluding hydrogens is 280 g/mol. The molecule has 2 bridgehead atoms. The molecule has 1 N–H and O–H groups in total. The van der Waals surface area contributed by atoms with Crippen molar-refractivity contribution in [1.29, 1.82) is 0 Å². The molecule has 2 aromatic rings. The van der Waals surface area contributed by atoms with Crippen LogP contribution in [0.4, 0.5) is 0 Å². The van der Waals surface area contributed by atoms with Gasteiger partial charge in [0.25, 0.3) is 0 Å². The molecule has 0 spiro atoms. The molecular formula is C17H20N2OS. The number of fused-ring (bicyclic) bond motifs is 3. The number of aromatic nitrogens is 1. The fraction of sp³-hybridized carbons (Fsp3) is 0.471. The van der Waals surface area contributed by atoms with Crippen molar-refractivity contribution in [2.45, 2.75) is 47.9 Å². The molecule has 0 amide bonds. The summed E-state index contributed by atoms with van der Waals surface area (Å²) in [6.07, 6.45) is 5.36. The molecule has 3 heterocycles. The van der Waals surface area contributed by atoms with Gasteiger partial charge in [-0.25, -0.2) is 0 Å². The van der Waals surface area contributed by atoms with Gasteiger partial charge in [-0.3, -0.25) is 4.79 Å². The molecule has 2 aliphatic heterocycles. The Hall–Kier alpha value is -1.26. The van der Waals surface area contributed by atoms with E-state index < -0.39 is 0 Å². The van der Waals surface area contributed by atoms with Crippen molar-refractivity contribution >= 4 is 22.7 Å². The van der Waals surface area contributed by atoms with Crippen molar-refractivity contribution < 1.29 is 0 Å². The van der Waals surface area contributed by atoms with Crippen LogP contribution in [0.1, 0.15) is 25.7 Å². The zero-order chi connectivity index (χ0) is 14.4. The van der Waals surface area contributed by atoms with Crippen LogP contribution in [0.25, 0.3) is 10.9 Å². The van der Waals surface area contributed by atoms with E-state index >= 15 is 0 Å². The second kappa shape index (κ2) is 5.18. The van der Waals surface area contributed by atoms with Gasteiger partial charge in [0.2, 0.25) is 5.56 Å². The lowest BCUT2D eigenvalue weighted by Crippen LogP contribution is -2.40. The molecule has 1 aromatic heterocycles. The maximum absolute atomic E-state index is 11.3. The highest BCUT2D eigenvalue weighted by Crippen LogP contribution is 2.41. The van der Waals surface area contributed by atoms with Gasteiger partial charge in [0, 0.05) is 33.8 Å². The van der Waals surface area contributed by atoms with E-state index in [4.69, 9.17) is 0 Å². The lowest BCUT2D eigenvalue weighted by molar-refractivity contribution is 0.183. The van der Waals surface area contributed by atoms with Crippen LogP contribution in [0.2, 0.25) is 0 Å². The molecule has 4 heteroatoms. The lowest BCUT2D eigenvalue weighted by atomic mass is 10.0. The first-order valence-corrected chi connectivity index (χ1v) is 8.59. The van der Waals surface area contributed by atoms with Crippen LogP contribution >= 0.6 is 11.8 Å². The number of piperidine rings is 1. The van der Waals surface area contributed by atoms with Crippen molar-refractivity contribution in [1.82, 2.24) is 9.88 Å². The Morgan fingerprint density at radius 1 is 1.14 bits per heavy atom. The largest absolute Gasteiger partial charge is 0.322 e. The van der Waals surface area contributed by atoms with Gasteiger partial charge in [-0.15, -0.1) is 11.8 Å². The minimum absolute atomic E-state index is 0.0326. The fourth-order valence-electron chi connectivity index (χ4n) is 3.86. The van der Waals surface area contributed by atoms with E-state index in [1.807, 2.05) is 23.9 Å². The summed E-state index contributed by atoms with van der Waals surface area (Å²) in [4.78, 5) is 18.1. The first-order valence-electron chi connectivity index (χ1n) is 7.71. The Labute approximate surface area is 128 Å². The predicted octanol–water partition coefficient (Wildman–Crippen LogP) is 3.25. The van der Waals surface area contributed by atoms with Crippen LogP contribution in [-0.2, 0) is 0 Å². The SMILES string of the molecule is CN1[C@@H]2CC[C@H]1C[C@H](Sc1ccc3[nH]c(=O)ccc3c1)C2. The Morgan fingerprint density at radius 2 is 1.90 bits per heavy atom. The number of benzene rings is 1. The fourth-order valence-corrected chi connectivity index (χ4v) is 5.22. The first-order chi connectivity index (χ1) is 10.2. The van der Waals surface area contributed by atoms with E-state index in [0.29, 0.717) is 0 Å². The van der Waals surface area contributed by atoms with Gasteiger partial charge in [0.1, 0.15) is 0 Å². The van der Waals surface area contributed by atoms with Gasteiger partial charge in [-0.05, 0) is 62.4 Å². The molecule has 0 radical (unpaired) electrons. The third-order valence-electron chi connectivity index (χ3n) is 5.05. The van der Waals surface area contributed by atoms with Crippen LogP contribution < -0.4 is 5.56 Å². The quantitative estimate of drug-likeness (QED) is 0.925. The summed E-state index contributed by atoms with van der Waals surface area (Å²) in [7, 11) is 2.29. The van der Waals surface area contributed by atoms with Crippen LogP contribution in [-0.4, -0.2) is 34.3 Å². The molecule has 2 fully saturated rings. The molecule has 1 aromatic carbocycles. The highest BCUT2D eigenvalue weighted by atomic mass is 32.2. The van der Waals surface area contributed by atoms with E-state index in [1.165, 1.54) is 30.6 Å². The molecule has 21 heavy (non-hydrogen) atoms. The maximum Gasteiger partial charge on any atom is 0.248 e. The summed E-state index contributed by atoms with van der Waals surface area (Å²) >= 11 is 2.01. The topological polar surface area (TPSA) is 36.1 Å². The van der Waals surface area contributed by atoms with Gasteiger partial charge in [-0.1, -0.05) is 0 Å². The van der Waals surface area contributed by atoms with Gasteiger partial charge in [0.15, 0.2) is 0 Å². The number of H-pyrrole nitrogens is 1. The normalized spacial score (nSPS) is 29.1. The standard InChI is InChI=1S/C17H20N2OS/c1-19-12-3-4-13(19)10-15(9-12)21-14-5-6-16-11(8-14)2-7-17(20)18-16/h2,5-8,12-13,15H,3-4,9-10H2,1H3,(H,18,20)/t12-,13+,15-. The van der Waals surface area contributed by atoms with Crippen LogP contribution in [0.3, 0.4) is 0 Å². The third kappa shape index (κ3) is 2.51. The van der Waals surface area contributed by atoms with Crippen LogP contribution in [0.5, 0.6) is 0 Å². The van der Waals surface area contributed by atoms with Crippen molar-refractivity contribution in [2.24, 2.45) is 0 Å². The molecule has 4 rings (SSSR count). The number of hydrogen-bond acceptors (Lipinski definition) is 3. The van der Waals surface area contributed by atoms with Gasteiger partial charge in [0.05, 0.1) is 0 Å². The van der Waals surface area contributed by atoms with Crippen molar-refractivity contribution in [3.05, 3.63) is 40.7 Å². The van der Waals surface area contributed by atoms with E-state index in [2.05, 4.69) is 29.1 Å². The maximum atomic E-state index is 11.3. The molecule has 0 saturated carbocycles. The van der Waals surface area contributed by atoms with E-state index in [1.54, 1.807) is 6.07 Å². The highest BCUT2D eigenvalue weighted by Gasteiger charge is 2.38. The Morgan fingerprint density at radius 3 is 2.67 bits per heavy atom. The second-order valence-electron chi connectivity index (χ2n) is 6.33. The monoisotopic (exact) mass is 300 g/mol. The van der Waals surface area contributed by atoms with E-state index in [0.717, 1.165) is 28.2 Å². The van der Waals surface area contributed by atoms with E-state index in [9.17, 15) is 4.79 Å². The first kappa shape index (κ1) is 13.4. The lowest BCUT2D eigenvalue weighted by Gasteiger charge is -2.36. The Bertz CT molecular complexity index is 712. The number of aromatic amines is 1. The van der Waals surface area contributed by atoms with E-state index in [-0.39, 0.29) is 5.56 Å². The highest BCUT2D eigenvalue weighted by molar-refractivity contribution is 8.00.